The Labute approximate surface area is 149 Å². The van der Waals surface area contributed by atoms with Crippen LogP contribution in [0.25, 0.3) is 0 Å². The second-order valence-electron chi connectivity index (χ2n) is 6.49. The summed E-state index contributed by atoms with van der Waals surface area (Å²) in [4.78, 5) is 16.0. The fraction of sp³-hybridized carbons (Fsp3) is 0.556. The lowest BCUT2D eigenvalue weighted by Gasteiger charge is -2.19. The number of hydrogen-bond donors (Lipinski definition) is 3. The van der Waals surface area contributed by atoms with Gasteiger partial charge < -0.3 is 20.7 Å². The highest BCUT2D eigenvalue weighted by Gasteiger charge is 2.15. The van der Waals surface area contributed by atoms with Crippen molar-refractivity contribution in [2.75, 3.05) is 26.2 Å². The van der Waals surface area contributed by atoms with E-state index in [2.05, 4.69) is 20.9 Å². The van der Waals surface area contributed by atoms with Crippen LogP contribution >= 0.6 is 0 Å². The maximum absolute atomic E-state index is 12.9. The molecule has 0 radical (unpaired) electrons. The van der Waals surface area contributed by atoms with Gasteiger partial charge in [0.25, 0.3) is 0 Å². The van der Waals surface area contributed by atoms with Gasteiger partial charge in [0.2, 0.25) is 0 Å². The van der Waals surface area contributed by atoms with Crippen molar-refractivity contribution < 1.29 is 13.9 Å². The Kier molecular flexibility index (Phi) is 8.74. The van der Waals surface area contributed by atoms with Gasteiger partial charge in [-0.15, -0.1) is 0 Å². The van der Waals surface area contributed by atoms with Crippen LogP contribution in [0.4, 0.5) is 9.18 Å². The van der Waals surface area contributed by atoms with Gasteiger partial charge in [-0.05, 0) is 51.8 Å². The molecule has 0 bridgehead atoms. The van der Waals surface area contributed by atoms with Crippen molar-refractivity contribution in [1.29, 1.82) is 0 Å². The molecule has 0 saturated carbocycles. The van der Waals surface area contributed by atoms with E-state index >= 15 is 0 Å². The van der Waals surface area contributed by atoms with E-state index < -0.39 is 11.7 Å². The molecule has 1 aromatic rings. The van der Waals surface area contributed by atoms with Crippen LogP contribution in [-0.2, 0) is 11.2 Å². The Morgan fingerprint density at radius 2 is 1.76 bits per heavy atom. The van der Waals surface area contributed by atoms with E-state index in [1.807, 2.05) is 27.7 Å². The summed E-state index contributed by atoms with van der Waals surface area (Å²) >= 11 is 0. The van der Waals surface area contributed by atoms with E-state index in [1.165, 1.54) is 12.1 Å². The van der Waals surface area contributed by atoms with Gasteiger partial charge >= 0.3 is 6.09 Å². The van der Waals surface area contributed by atoms with Gasteiger partial charge in [-0.3, -0.25) is 4.99 Å². The monoisotopic (exact) mass is 352 g/mol. The maximum Gasteiger partial charge on any atom is 0.407 e. The number of aliphatic imine (C=N–C) groups is 1. The zero-order chi connectivity index (χ0) is 18.7. The Morgan fingerprint density at radius 3 is 2.36 bits per heavy atom. The number of halogens is 1. The van der Waals surface area contributed by atoms with Crippen molar-refractivity contribution >= 4 is 12.1 Å². The molecule has 0 aromatic heterocycles. The second kappa shape index (κ2) is 10.5. The molecule has 0 aliphatic heterocycles. The van der Waals surface area contributed by atoms with Crippen LogP contribution in [0.3, 0.4) is 0 Å². The average Bonchev–Trinajstić information content (AvgIpc) is 2.51. The topological polar surface area (TPSA) is 74.8 Å². The first kappa shape index (κ1) is 20.7. The molecular formula is C18H29FN4O2. The lowest BCUT2D eigenvalue weighted by atomic mass is 10.1. The Hall–Kier alpha value is -2.31. The zero-order valence-electron chi connectivity index (χ0n) is 15.5. The smallest absolute Gasteiger partial charge is 0.407 e. The van der Waals surface area contributed by atoms with Crippen LogP contribution in [0.2, 0.25) is 0 Å². The number of benzene rings is 1. The van der Waals surface area contributed by atoms with Crippen molar-refractivity contribution in [3.8, 4) is 0 Å². The zero-order valence-corrected chi connectivity index (χ0v) is 15.5. The highest BCUT2D eigenvalue weighted by Crippen LogP contribution is 2.06. The normalized spacial score (nSPS) is 11.8. The van der Waals surface area contributed by atoms with Crippen LogP contribution in [-0.4, -0.2) is 43.8 Å². The van der Waals surface area contributed by atoms with E-state index in [9.17, 15) is 9.18 Å². The molecule has 0 saturated heterocycles. The lowest BCUT2D eigenvalue weighted by Crippen LogP contribution is -2.42. The van der Waals surface area contributed by atoms with E-state index in [1.54, 1.807) is 12.1 Å². The van der Waals surface area contributed by atoms with Crippen LogP contribution in [0.1, 0.15) is 33.3 Å². The Bertz CT molecular complexity index is 553. The molecule has 0 heterocycles. The average molecular weight is 352 g/mol. The van der Waals surface area contributed by atoms with Crippen molar-refractivity contribution in [3.63, 3.8) is 0 Å². The molecule has 0 fully saturated rings. The van der Waals surface area contributed by atoms with Crippen molar-refractivity contribution in [2.45, 2.75) is 39.7 Å². The van der Waals surface area contributed by atoms with Crippen molar-refractivity contribution in [3.05, 3.63) is 35.6 Å². The van der Waals surface area contributed by atoms with E-state index in [4.69, 9.17) is 4.74 Å². The first-order valence-electron chi connectivity index (χ1n) is 8.53. The number of rotatable bonds is 7. The molecule has 25 heavy (non-hydrogen) atoms. The van der Waals surface area contributed by atoms with Gasteiger partial charge in [-0.2, -0.15) is 0 Å². The van der Waals surface area contributed by atoms with Gasteiger partial charge in [0, 0.05) is 26.2 Å². The quantitative estimate of drug-likeness (QED) is 0.400. The minimum absolute atomic E-state index is 0.236. The summed E-state index contributed by atoms with van der Waals surface area (Å²) in [6.07, 6.45) is 0.292. The number of hydrogen-bond acceptors (Lipinski definition) is 3. The third kappa shape index (κ3) is 10.2. The third-order valence-corrected chi connectivity index (χ3v) is 3.01. The molecule has 140 valence electrons. The Morgan fingerprint density at radius 1 is 1.12 bits per heavy atom. The van der Waals surface area contributed by atoms with E-state index in [0.29, 0.717) is 25.6 Å². The van der Waals surface area contributed by atoms with Gasteiger partial charge in [-0.1, -0.05) is 12.1 Å². The highest BCUT2D eigenvalue weighted by molar-refractivity contribution is 5.79. The summed E-state index contributed by atoms with van der Waals surface area (Å²) in [5, 5.41) is 8.96. The molecular weight excluding hydrogens is 323 g/mol. The minimum atomic E-state index is -0.506. The molecule has 0 aliphatic rings. The fourth-order valence-electron chi connectivity index (χ4n) is 1.95. The molecule has 0 spiro atoms. The van der Waals surface area contributed by atoms with Gasteiger partial charge in [0.1, 0.15) is 11.4 Å². The predicted molar refractivity (Wildman–Crippen MR) is 98.3 cm³/mol. The number of ether oxygens (including phenoxy) is 1. The summed E-state index contributed by atoms with van der Waals surface area (Å²) in [7, 11) is 0. The maximum atomic E-state index is 12.9. The number of alkyl carbamates (subject to hydrolysis) is 1. The van der Waals surface area contributed by atoms with Gasteiger partial charge in [0.15, 0.2) is 5.96 Å². The minimum Gasteiger partial charge on any atom is -0.444 e. The largest absolute Gasteiger partial charge is 0.444 e. The first-order valence-corrected chi connectivity index (χ1v) is 8.53. The van der Waals surface area contributed by atoms with Crippen molar-refractivity contribution in [1.82, 2.24) is 16.0 Å². The van der Waals surface area contributed by atoms with E-state index in [0.717, 1.165) is 18.5 Å². The van der Waals surface area contributed by atoms with Gasteiger partial charge in [-0.25, -0.2) is 9.18 Å². The fourth-order valence-corrected chi connectivity index (χ4v) is 1.95. The number of nitrogens with zero attached hydrogens (tertiary/aromatic N) is 1. The van der Waals surface area contributed by atoms with Crippen molar-refractivity contribution in [2.24, 2.45) is 4.99 Å². The molecule has 6 nitrogen and oxygen atoms in total. The summed E-state index contributed by atoms with van der Waals surface area (Å²) < 4.78 is 18.0. The van der Waals surface area contributed by atoms with Crippen LogP contribution < -0.4 is 16.0 Å². The number of guanidine groups is 1. The third-order valence-electron chi connectivity index (χ3n) is 3.01. The Balaban J connectivity index is 2.33. The van der Waals surface area contributed by atoms with Crippen LogP contribution in [0.5, 0.6) is 0 Å². The summed E-state index contributed by atoms with van der Waals surface area (Å²) in [6, 6.07) is 6.42. The molecule has 0 unspecified atom stereocenters. The second-order valence-corrected chi connectivity index (χ2v) is 6.49. The molecule has 7 heteroatoms. The van der Waals surface area contributed by atoms with E-state index in [-0.39, 0.29) is 5.82 Å². The van der Waals surface area contributed by atoms with Crippen LogP contribution in [0.15, 0.2) is 29.3 Å². The SMILES string of the molecule is CCNC(=NCCc1ccc(F)cc1)NCCNC(=O)OC(C)(C)C. The molecule has 1 amide bonds. The number of amides is 1. The number of nitrogens with one attached hydrogen (secondary N) is 3. The summed E-state index contributed by atoms with van der Waals surface area (Å²) in [6.45, 7) is 9.73. The number of carbonyl (C=O) groups excluding carboxylic acids is 1. The standard InChI is InChI=1S/C18H29FN4O2/c1-5-20-16(21-11-10-14-6-8-15(19)9-7-14)22-12-13-23-17(24)25-18(2,3)4/h6-9H,5,10-13H2,1-4H3,(H,23,24)(H2,20,21,22). The number of carbonyl (C=O) groups is 1. The predicted octanol–water partition coefficient (Wildman–Crippen LogP) is 2.45. The van der Waals surface area contributed by atoms with Crippen LogP contribution in [0, 0.1) is 5.82 Å². The summed E-state index contributed by atoms with van der Waals surface area (Å²) in [5.74, 6) is 0.440. The molecule has 1 rings (SSSR count). The molecule has 0 atom stereocenters. The highest BCUT2D eigenvalue weighted by atomic mass is 19.1. The summed E-state index contributed by atoms with van der Waals surface area (Å²) in [5.41, 5.74) is 0.529. The lowest BCUT2D eigenvalue weighted by molar-refractivity contribution is 0.0529. The first-order chi connectivity index (χ1) is 11.8. The molecule has 1 aromatic carbocycles. The molecule has 0 aliphatic carbocycles. The van der Waals surface area contributed by atoms with Gasteiger partial charge in [0.05, 0.1) is 0 Å². The molecule has 3 N–H and O–H groups in total.